The molecule has 3 rings (SSSR count). The highest BCUT2D eigenvalue weighted by atomic mass is 19.1. The van der Waals surface area contributed by atoms with Crippen molar-refractivity contribution < 1.29 is 13.6 Å². The Bertz CT molecular complexity index is 854. The molecule has 0 spiro atoms. The van der Waals surface area contributed by atoms with Gasteiger partial charge in [-0.05, 0) is 30.3 Å². The zero-order chi connectivity index (χ0) is 16.9. The number of nitrogens with one attached hydrogen (secondary N) is 1. The number of pyridine rings is 1. The number of imidazole rings is 1. The molecule has 5 nitrogen and oxygen atoms in total. The van der Waals surface area contributed by atoms with E-state index in [9.17, 15) is 13.6 Å². The molecule has 0 aliphatic heterocycles. The van der Waals surface area contributed by atoms with Crippen molar-refractivity contribution >= 4 is 17.7 Å². The summed E-state index contributed by atoms with van der Waals surface area (Å²) in [5, 5.41) is 2.57. The van der Waals surface area contributed by atoms with Gasteiger partial charge in [-0.15, -0.1) is 0 Å². The van der Waals surface area contributed by atoms with Gasteiger partial charge in [-0.3, -0.25) is 9.36 Å². The number of halogens is 2. The minimum absolute atomic E-state index is 0.263. The summed E-state index contributed by atoms with van der Waals surface area (Å²) < 4.78 is 28.6. The first-order valence-corrected chi connectivity index (χ1v) is 7.01. The van der Waals surface area contributed by atoms with Crippen LogP contribution in [0, 0.1) is 11.6 Å². The molecule has 24 heavy (non-hydrogen) atoms. The van der Waals surface area contributed by atoms with Crippen molar-refractivity contribution in [2.75, 3.05) is 5.32 Å². The molecule has 120 valence electrons. The van der Waals surface area contributed by atoms with Gasteiger partial charge in [0.25, 0.3) is 0 Å². The van der Waals surface area contributed by atoms with Crippen LogP contribution in [0.2, 0.25) is 0 Å². The molecule has 0 bridgehead atoms. The normalized spacial score (nSPS) is 10.9. The first-order valence-electron chi connectivity index (χ1n) is 7.01. The third-order valence-corrected chi connectivity index (χ3v) is 3.19. The van der Waals surface area contributed by atoms with Gasteiger partial charge >= 0.3 is 0 Å². The van der Waals surface area contributed by atoms with Crippen LogP contribution in [0.15, 0.2) is 61.3 Å². The molecule has 1 N–H and O–H groups in total. The van der Waals surface area contributed by atoms with Crippen LogP contribution in [-0.4, -0.2) is 20.4 Å². The van der Waals surface area contributed by atoms with E-state index >= 15 is 0 Å². The van der Waals surface area contributed by atoms with E-state index in [-0.39, 0.29) is 5.56 Å². The number of hydrogen-bond acceptors (Lipinski definition) is 3. The predicted octanol–water partition coefficient (Wildman–Crippen LogP) is 3.20. The minimum atomic E-state index is -0.731. The summed E-state index contributed by atoms with van der Waals surface area (Å²) in [5.41, 5.74) is 0.198. The van der Waals surface area contributed by atoms with Crippen molar-refractivity contribution in [3.05, 3.63) is 78.5 Å². The van der Waals surface area contributed by atoms with Gasteiger partial charge in [0.05, 0.1) is 11.9 Å². The van der Waals surface area contributed by atoms with Gasteiger partial charge in [-0.1, -0.05) is 6.07 Å². The van der Waals surface area contributed by atoms with Crippen molar-refractivity contribution in [1.82, 2.24) is 14.5 Å². The lowest BCUT2D eigenvalue weighted by atomic mass is 10.2. The summed E-state index contributed by atoms with van der Waals surface area (Å²) in [6.45, 7) is 0. The lowest BCUT2D eigenvalue weighted by Gasteiger charge is -2.04. The first kappa shape index (κ1) is 15.5. The molecule has 0 fully saturated rings. The quantitative estimate of drug-likeness (QED) is 0.749. The Morgan fingerprint density at radius 3 is 2.58 bits per heavy atom. The molecule has 1 aromatic carbocycles. The zero-order valence-electron chi connectivity index (χ0n) is 12.4. The third kappa shape index (κ3) is 3.52. The fraction of sp³-hybridized carbons (Fsp3) is 0. The third-order valence-electron chi connectivity index (χ3n) is 3.19. The Labute approximate surface area is 136 Å². The Balaban J connectivity index is 1.68. The fourth-order valence-corrected chi connectivity index (χ4v) is 2.02. The van der Waals surface area contributed by atoms with Gasteiger partial charge < -0.3 is 5.32 Å². The lowest BCUT2D eigenvalue weighted by Crippen LogP contribution is -2.08. The molecule has 2 aromatic heterocycles. The van der Waals surface area contributed by atoms with Crippen molar-refractivity contribution in [2.45, 2.75) is 0 Å². The standard InChI is InChI=1S/C17H12F2N4O/c18-14-2-1-3-15(19)13(14)5-7-17(24)22-12-4-6-16(21-10-12)23-9-8-20-11-23/h1-11H,(H,22,24)/b7-5+. The van der Waals surface area contributed by atoms with Gasteiger partial charge in [-0.25, -0.2) is 18.7 Å². The highest BCUT2D eigenvalue weighted by Gasteiger charge is 2.06. The number of aromatic nitrogens is 3. The van der Waals surface area contributed by atoms with E-state index in [4.69, 9.17) is 0 Å². The van der Waals surface area contributed by atoms with Gasteiger partial charge in [0.1, 0.15) is 23.8 Å². The van der Waals surface area contributed by atoms with Crippen molar-refractivity contribution in [2.24, 2.45) is 0 Å². The van der Waals surface area contributed by atoms with Gasteiger partial charge in [-0.2, -0.15) is 0 Å². The number of nitrogens with zero attached hydrogens (tertiary/aromatic N) is 3. The van der Waals surface area contributed by atoms with E-state index in [1.54, 1.807) is 35.4 Å². The second-order valence-electron chi connectivity index (χ2n) is 4.83. The Hall–Kier alpha value is -3.35. The number of benzene rings is 1. The maximum atomic E-state index is 13.5. The van der Waals surface area contributed by atoms with E-state index in [2.05, 4.69) is 15.3 Å². The molecule has 0 aliphatic carbocycles. The van der Waals surface area contributed by atoms with E-state index in [0.717, 1.165) is 24.3 Å². The topological polar surface area (TPSA) is 59.8 Å². The van der Waals surface area contributed by atoms with Crippen molar-refractivity contribution in [1.29, 1.82) is 0 Å². The monoisotopic (exact) mass is 326 g/mol. The van der Waals surface area contributed by atoms with E-state index < -0.39 is 17.5 Å². The number of anilines is 1. The fourth-order valence-electron chi connectivity index (χ4n) is 2.02. The first-order chi connectivity index (χ1) is 11.6. The van der Waals surface area contributed by atoms with Gasteiger partial charge in [0.2, 0.25) is 5.91 Å². The number of amides is 1. The molecule has 0 aliphatic rings. The number of rotatable bonds is 4. The lowest BCUT2D eigenvalue weighted by molar-refractivity contribution is -0.111. The highest BCUT2D eigenvalue weighted by Crippen LogP contribution is 2.14. The van der Waals surface area contributed by atoms with E-state index in [1.807, 2.05) is 0 Å². The van der Waals surface area contributed by atoms with Crippen molar-refractivity contribution in [3.63, 3.8) is 0 Å². The van der Waals surface area contributed by atoms with Crippen LogP contribution in [0.25, 0.3) is 11.9 Å². The molecular formula is C17H12F2N4O. The van der Waals surface area contributed by atoms with E-state index in [1.165, 1.54) is 12.3 Å². The maximum Gasteiger partial charge on any atom is 0.248 e. The Morgan fingerprint density at radius 1 is 1.17 bits per heavy atom. The maximum absolute atomic E-state index is 13.5. The van der Waals surface area contributed by atoms with Crippen LogP contribution < -0.4 is 5.32 Å². The van der Waals surface area contributed by atoms with Crippen molar-refractivity contribution in [3.8, 4) is 5.82 Å². The largest absolute Gasteiger partial charge is 0.321 e. The molecule has 0 atom stereocenters. The second kappa shape index (κ2) is 6.82. The van der Waals surface area contributed by atoms with E-state index in [0.29, 0.717) is 11.5 Å². The van der Waals surface area contributed by atoms with Crippen LogP contribution in [0.3, 0.4) is 0 Å². The number of carbonyl (C=O) groups is 1. The van der Waals surface area contributed by atoms with Crippen LogP contribution in [0.1, 0.15) is 5.56 Å². The summed E-state index contributed by atoms with van der Waals surface area (Å²) in [4.78, 5) is 19.9. The summed E-state index contributed by atoms with van der Waals surface area (Å²) in [5.74, 6) is -1.33. The van der Waals surface area contributed by atoms with Crippen LogP contribution >= 0.6 is 0 Å². The molecule has 3 aromatic rings. The molecule has 7 heteroatoms. The average Bonchev–Trinajstić information content (AvgIpc) is 3.09. The summed E-state index contributed by atoms with van der Waals surface area (Å²) in [7, 11) is 0. The summed E-state index contributed by atoms with van der Waals surface area (Å²) in [6, 6.07) is 6.88. The highest BCUT2D eigenvalue weighted by molar-refractivity contribution is 6.01. The smallest absolute Gasteiger partial charge is 0.248 e. The SMILES string of the molecule is O=C(/C=C/c1c(F)cccc1F)Nc1ccc(-n2ccnc2)nc1. The Morgan fingerprint density at radius 2 is 1.96 bits per heavy atom. The average molecular weight is 326 g/mol. The van der Waals surface area contributed by atoms with Crippen LogP contribution in [0.4, 0.5) is 14.5 Å². The number of carbonyl (C=O) groups excluding carboxylic acids is 1. The molecular weight excluding hydrogens is 314 g/mol. The van der Waals surface area contributed by atoms with Crippen LogP contribution in [0.5, 0.6) is 0 Å². The predicted molar refractivity (Wildman–Crippen MR) is 85.4 cm³/mol. The minimum Gasteiger partial charge on any atom is -0.321 e. The molecule has 2 heterocycles. The molecule has 0 unspecified atom stereocenters. The van der Waals surface area contributed by atoms with Crippen LogP contribution in [-0.2, 0) is 4.79 Å². The molecule has 0 saturated carbocycles. The number of hydrogen-bond donors (Lipinski definition) is 1. The van der Waals surface area contributed by atoms with Gasteiger partial charge in [0.15, 0.2) is 0 Å². The molecule has 1 amide bonds. The molecule has 0 radical (unpaired) electrons. The Kier molecular flexibility index (Phi) is 4.42. The summed E-state index contributed by atoms with van der Waals surface area (Å²) >= 11 is 0. The zero-order valence-corrected chi connectivity index (χ0v) is 12.4. The van der Waals surface area contributed by atoms with Gasteiger partial charge in [0, 0.05) is 24.0 Å². The second-order valence-corrected chi connectivity index (χ2v) is 4.83. The summed E-state index contributed by atoms with van der Waals surface area (Å²) in [6.07, 6.45) is 8.60. The molecule has 0 saturated heterocycles.